The van der Waals surface area contributed by atoms with Gasteiger partial charge in [0.1, 0.15) is 15.4 Å². The third kappa shape index (κ3) is 6.93. The van der Waals surface area contributed by atoms with Gasteiger partial charge in [0.2, 0.25) is 0 Å². The summed E-state index contributed by atoms with van der Waals surface area (Å²) in [6.07, 6.45) is 2.02. The number of nitrogens with zero attached hydrogens (tertiary/aromatic N) is 1. The molecule has 0 radical (unpaired) electrons. The topological polar surface area (TPSA) is 86.7 Å². The summed E-state index contributed by atoms with van der Waals surface area (Å²) in [5.74, 6) is -0.894. The van der Waals surface area contributed by atoms with E-state index < -0.39 is 21.3 Å². The van der Waals surface area contributed by atoms with Crippen molar-refractivity contribution in [3.05, 3.63) is 0 Å². The second kappa shape index (κ2) is 7.06. The van der Waals surface area contributed by atoms with Gasteiger partial charge in [0.25, 0.3) is 0 Å². The van der Waals surface area contributed by atoms with Crippen molar-refractivity contribution in [2.45, 2.75) is 25.8 Å². The summed E-state index contributed by atoms with van der Waals surface area (Å²) < 4.78 is 22.1. The van der Waals surface area contributed by atoms with E-state index in [2.05, 4.69) is 5.32 Å². The van der Waals surface area contributed by atoms with Crippen molar-refractivity contribution in [2.24, 2.45) is 0 Å². The average molecular weight is 280 g/mol. The minimum absolute atomic E-state index is 0.0347. The summed E-state index contributed by atoms with van der Waals surface area (Å²) in [5, 5.41) is 12.2. The predicted octanol–water partition coefficient (Wildman–Crippen LogP) is -0.194. The van der Waals surface area contributed by atoms with Crippen LogP contribution in [0.1, 0.15) is 20.3 Å². The Morgan fingerprint density at radius 2 is 2.00 bits per heavy atom. The number of carboxylic acids is 1. The molecule has 0 rings (SSSR count). The molecule has 0 aliphatic carbocycles. The lowest BCUT2D eigenvalue weighted by Crippen LogP contribution is -2.56. The molecule has 0 fully saturated rings. The number of aliphatic carboxylic acids is 1. The summed E-state index contributed by atoms with van der Waals surface area (Å²) >= 11 is 0. The second-order valence-corrected chi connectivity index (χ2v) is 7.19. The van der Waals surface area contributed by atoms with E-state index in [1.165, 1.54) is 6.26 Å². The molecule has 0 saturated carbocycles. The van der Waals surface area contributed by atoms with Gasteiger partial charge in [0, 0.05) is 19.3 Å². The number of carboxylic acid groups (broad SMARTS) is 1. The van der Waals surface area contributed by atoms with Gasteiger partial charge in [-0.05, 0) is 26.9 Å². The van der Waals surface area contributed by atoms with Gasteiger partial charge in [0.05, 0.1) is 5.75 Å². The number of hydrogen-bond acceptors (Lipinski definition) is 5. The number of likely N-dealkylation sites (N-methyl/N-ethyl adjacent to an activating group) is 1. The molecule has 0 amide bonds. The first-order chi connectivity index (χ1) is 8.10. The maximum atomic E-state index is 11.3. The zero-order valence-corrected chi connectivity index (χ0v) is 12.4. The molecule has 2 N–H and O–H groups in total. The van der Waals surface area contributed by atoms with E-state index >= 15 is 0 Å². The number of nitrogens with one attached hydrogen (secondary N) is 1. The third-order valence-corrected chi connectivity index (χ3v) is 3.59. The van der Waals surface area contributed by atoms with Gasteiger partial charge >= 0.3 is 5.97 Å². The molecule has 0 spiro atoms. The van der Waals surface area contributed by atoms with Crippen LogP contribution in [0.25, 0.3) is 0 Å². The predicted molar refractivity (Wildman–Crippen MR) is 71.5 cm³/mol. The first kappa shape index (κ1) is 17.3. The fourth-order valence-electron chi connectivity index (χ4n) is 1.54. The van der Waals surface area contributed by atoms with Gasteiger partial charge in [-0.1, -0.05) is 6.92 Å². The molecule has 0 saturated heterocycles. The van der Waals surface area contributed by atoms with Gasteiger partial charge in [-0.25, -0.2) is 8.42 Å². The molecule has 7 heteroatoms. The number of hydrogen-bond donors (Lipinski definition) is 2. The Balaban J connectivity index is 4.45. The van der Waals surface area contributed by atoms with Gasteiger partial charge in [-0.15, -0.1) is 0 Å². The van der Waals surface area contributed by atoms with Gasteiger partial charge < -0.3 is 15.3 Å². The Labute approximate surface area is 109 Å². The Bertz CT molecular complexity index is 369. The molecule has 1 unspecified atom stereocenters. The lowest BCUT2D eigenvalue weighted by atomic mass is 10.0. The van der Waals surface area contributed by atoms with Crippen LogP contribution < -0.4 is 5.32 Å². The maximum absolute atomic E-state index is 11.3. The molecule has 1 atom stereocenters. The molecule has 0 aliphatic rings. The SMILES string of the molecule is CCCNC(C)(CN(C)CCS(C)(=O)=O)C(=O)O. The van der Waals surface area contributed by atoms with Crippen LogP contribution in [-0.4, -0.2) is 68.6 Å². The molecule has 6 nitrogen and oxygen atoms in total. The van der Waals surface area contributed by atoms with Crippen LogP contribution in [-0.2, 0) is 14.6 Å². The van der Waals surface area contributed by atoms with Crippen molar-refractivity contribution in [3.63, 3.8) is 0 Å². The van der Waals surface area contributed by atoms with Crippen molar-refractivity contribution < 1.29 is 18.3 Å². The summed E-state index contributed by atoms with van der Waals surface area (Å²) in [6, 6.07) is 0. The summed E-state index contributed by atoms with van der Waals surface area (Å²) in [7, 11) is -1.30. The molecule has 18 heavy (non-hydrogen) atoms. The molecule has 0 aliphatic heterocycles. The molecule has 108 valence electrons. The summed E-state index contributed by atoms with van der Waals surface area (Å²) in [4.78, 5) is 13.0. The first-order valence-corrected chi connectivity index (χ1v) is 8.01. The van der Waals surface area contributed by atoms with Crippen molar-refractivity contribution in [1.29, 1.82) is 0 Å². The Morgan fingerprint density at radius 3 is 2.39 bits per heavy atom. The first-order valence-electron chi connectivity index (χ1n) is 5.95. The zero-order chi connectivity index (χ0) is 14.4. The molecular formula is C11H24N2O4S. The molecule has 0 bridgehead atoms. The van der Waals surface area contributed by atoms with Crippen molar-refractivity contribution >= 4 is 15.8 Å². The highest BCUT2D eigenvalue weighted by Crippen LogP contribution is 2.07. The Hall–Kier alpha value is -0.660. The van der Waals surface area contributed by atoms with E-state index in [1.54, 1.807) is 18.9 Å². The van der Waals surface area contributed by atoms with Crippen LogP contribution in [0.2, 0.25) is 0 Å². The van der Waals surface area contributed by atoms with Crippen molar-refractivity contribution in [2.75, 3.05) is 38.7 Å². The Kier molecular flexibility index (Phi) is 6.80. The number of sulfone groups is 1. The number of carbonyl (C=O) groups is 1. The maximum Gasteiger partial charge on any atom is 0.324 e. The second-order valence-electron chi connectivity index (χ2n) is 4.93. The van der Waals surface area contributed by atoms with Gasteiger partial charge in [-0.2, -0.15) is 0 Å². The van der Waals surface area contributed by atoms with Crippen LogP contribution >= 0.6 is 0 Å². The largest absolute Gasteiger partial charge is 0.480 e. The van der Waals surface area contributed by atoms with Crippen LogP contribution in [0.5, 0.6) is 0 Å². The van der Waals surface area contributed by atoms with Crippen LogP contribution in [0.15, 0.2) is 0 Å². The normalized spacial score (nSPS) is 15.6. The van der Waals surface area contributed by atoms with E-state index in [1.807, 2.05) is 6.92 Å². The van der Waals surface area contributed by atoms with E-state index in [9.17, 15) is 18.3 Å². The number of rotatable bonds is 9. The zero-order valence-electron chi connectivity index (χ0n) is 11.6. The van der Waals surface area contributed by atoms with E-state index in [4.69, 9.17) is 0 Å². The van der Waals surface area contributed by atoms with Crippen molar-refractivity contribution in [1.82, 2.24) is 10.2 Å². The van der Waals surface area contributed by atoms with E-state index in [0.29, 0.717) is 13.1 Å². The fourth-order valence-corrected chi connectivity index (χ4v) is 2.18. The van der Waals surface area contributed by atoms with Crippen LogP contribution in [0.3, 0.4) is 0 Å². The quantitative estimate of drug-likeness (QED) is 0.608. The van der Waals surface area contributed by atoms with Crippen molar-refractivity contribution in [3.8, 4) is 0 Å². The monoisotopic (exact) mass is 280 g/mol. The van der Waals surface area contributed by atoms with Gasteiger partial charge in [0.15, 0.2) is 0 Å². The van der Waals surface area contributed by atoms with Crippen LogP contribution in [0.4, 0.5) is 0 Å². The molecule has 0 heterocycles. The highest BCUT2D eigenvalue weighted by Gasteiger charge is 2.33. The minimum atomic E-state index is -3.02. The summed E-state index contributed by atoms with van der Waals surface area (Å²) in [5.41, 5.74) is -1.05. The standard InChI is InChI=1S/C11H24N2O4S/c1-5-6-12-11(2,10(14)15)9-13(3)7-8-18(4,16)17/h12H,5-9H2,1-4H3,(H,14,15). The molecule has 0 aromatic heterocycles. The highest BCUT2D eigenvalue weighted by atomic mass is 32.2. The third-order valence-electron chi connectivity index (χ3n) is 2.67. The van der Waals surface area contributed by atoms with Gasteiger partial charge in [-0.3, -0.25) is 4.79 Å². The van der Waals surface area contributed by atoms with E-state index in [0.717, 1.165) is 6.42 Å². The molecular weight excluding hydrogens is 256 g/mol. The highest BCUT2D eigenvalue weighted by molar-refractivity contribution is 7.90. The summed E-state index contributed by atoms with van der Waals surface area (Å²) in [6.45, 7) is 4.78. The molecule has 0 aromatic rings. The lowest BCUT2D eigenvalue weighted by Gasteiger charge is -2.31. The lowest BCUT2D eigenvalue weighted by molar-refractivity contribution is -0.144. The van der Waals surface area contributed by atoms with Crippen LogP contribution in [0, 0.1) is 0 Å². The van der Waals surface area contributed by atoms with E-state index in [-0.39, 0.29) is 12.3 Å². The smallest absolute Gasteiger partial charge is 0.324 e. The Morgan fingerprint density at radius 1 is 1.44 bits per heavy atom. The molecule has 0 aromatic carbocycles. The minimum Gasteiger partial charge on any atom is -0.480 e. The average Bonchev–Trinajstić information content (AvgIpc) is 2.22. The fraction of sp³-hybridized carbons (Fsp3) is 0.909.